The number of nitrogens with zero attached hydrogens (tertiary/aromatic N) is 2. The number of aliphatic imine (C=N–C) groups is 2. The highest BCUT2D eigenvalue weighted by Crippen LogP contribution is 2.57. The van der Waals surface area contributed by atoms with Crippen LogP contribution in [0.4, 0.5) is 5.69 Å². The molecule has 0 amide bonds. The Morgan fingerprint density at radius 1 is 0.960 bits per heavy atom. The van der Waals surface area contributed by atoms with Crippen LogP contribution >= 0.6 is 0 Å². The maximum absolute atomic E-state index is 11.1. The molecule has 0 radical (unpaired) electrons. The fourth-order valence-corrected chi connectivity index (χ4v) is 3.11. The molecule has 4 heteroatoms. The van der Waals surface area contributed by atoms with Gasteiger partial charge in [-0.25, -0.2) is 9.59 Å². The van der Waals surface area contributed by atoms with Crippen LogP contribution in [0.1, 0.15) is 52.7 Å². The molecule has 0 aromatic heterocycles. The first kappa shape index (κ1) is 18.8. The first-order chi connectivity index (χ1) is 11.6. The van der Waals surface area contributed by atoms with Crippen LogP contribution in [0.5, 0.6) is 0 Å². The zero-order valence-corrected chi connectivity index (χ0v) is 15.7. The van der Waals surface area contributed by atoms with Crippen molar-refractivity contribution in [2.24, 2.45) is 26.2 Å². The minimum absolute atomic E-state index is 0.0346. The number of benzene rings is 1. The van der Waals surface area contributed by atoms with Gasteiger partial charge in [0.1, 0.15) is 0 Å². The van der Waals surface area contributed by atoms with E-state index in [2.05, 4.69) is 57.6 Å². The van der Waals surface area contributed by atoms with Crippen LogP contribution in [0.2, 0.25) is 0 Å². The Hall–Kier alpha value is -2.54. The van der Waals surface area contributed by atoms with Gasteiger partial charge in [-0.2, -0.15) is 9.98 Å². The minimum Gasteiger partial charge on any atom is -0.211 e. The summed E-state index contributed by atoms with van der Waals surface area (Å²) in [7, 11) is 0. The van der Waals surface area contributed by atoms with Crippen molar-refractivity contribution in [2.45, 2.75) is 41.5 Å². The first-order valence-corrected chi connectivity index (χ1v) is 8.28. The zero-order valence-electron chi connectivity index (χ0n) is 15.7. The number of hydrogen-bond acceptors (Lipinski definition) is 4. The SMILES string of the molecule is CC(C)(C)C(C)(C)C1(C)C=Cc2ccc(N=C=O)cc2C=C1N=C=O. The van der Waals surface area contributed by atoms with Gasteiger partial charge in [-0.1, -0.05) is 52.8 Å². The highest BCUT2D eigenvalue weighted by atomic mass is 16.1. The van der Waals surface area contributed by atoms with Gasteiger partial charge in [-0.05, 0) is 47.1 Å². The maximum atomic E-state index is 11.1. The Morgan fingerprint density at radius 3 is 2.16 bits per heavy atom. The molecule has 0 fully saturated rings. The molecule has 0 saturated carbocycles. The molecule has 2 rings (SSSR count). The molecule has 0 bridgehead atoms. The fourth-order valence-electron chi connectivity index (χ4n) is 3.11. The Labute approximate surface area is 149 Å². The molecule has 1 atom stereocenters. The van der Waals surface area contributed by atoms with Gasteiger partial charge in [0.25, 0.3) is 0 Å². The third kappa shape index (κ3) is 3.19. The summed E-state index contributed by atoms with van der Waals surface area (Å²) in [5, 5.41) is 0. The number of carbonyl (C=O) groups excluding carboxylic acids is 2. The molecule has 130 valence electrons. The van der Waals surface area contributed by atoms with Crippen molar-refractivity contribution < 1.29 is 9.59 Å². The lowest BCUT2D eigenvalue weighted by atomic mass is 9.53. The van der Waals surface area contributed by atoms with Crippen molar-refractivity contribution >= 4 is 30.0 Å². The lowest BCUT2D eigenvalue weighted by molar-refractivity contribution is 0.0371. The fraction of sp³-hybridized carbons (Fsp3) is 0.429. The van der Waals surface area contributed by atoms with Crippen LogP contribution in [-0.4, -0.2) is 12.2 Å². The monoisotopic (exact) mass is 336 g/mol. The average Bonchev–Trinajstić information content (AvgIpc) is 2.65. The summed E-state index contributed by atoms with van der Waals surface area (Å²) in [6.45, 7) is 13.0. The summed E-state index contributed by atoms with van der Waals surface area (Å²) in [6.07, 6.45) is 9.29. The van der Waals surface area contributed by atoms with Crippen LogP contribution in [0.25, 0.3) is 12.2 Å². The van der Waals surface area contributed by atoms with Gasteiger partial charge in [0.05, 0.1) is 11.4 Å². The summed E-state index contributed by atoms with van der Waals surface area (Å²) in [5.74, 6) is 0. The van der Waals surface area contributed by atoms with E-state index in [1.54, 1.807) is 24.3 Å². The number of fused-ring (bicyclic) bond motifs is 1. The molecule has 25 heavy (non-hydrogen) atoms. The first-order valence-electron chi connectivity index (χ1n) is 8.28. The zero-order chi connectivity index (χ0) is 18.9. The van der Waals surface area contributed by atoms with E-state index in [1.165, 1.54) is 0 Å². The van der Waals surface area contributed by atoms with Crippen molar-refractivity contribution in [1.82, 2.24) is 0 Å². The van der Waals surface area contributed by atoms with Crippen molar-refractivity contribution in [2.75, 3.05) is 0 Å². The summed E-state index contributed by atoms with van der Waals surface area (Å²) >= 11 is 0. The second-order valence-electron chi connectivity index (χ2n) is 8.16. The normalized spacial score (nSPS) is 19.8. The number of isocyanates is 2. The van der Waals surface area contributed by atoms with E-state index in [0.717, 1.165) is 11.1 Å². The van der Waals surface area contributed by atoms with Gasteiger partial charge in [0.15, 0.2) is 0 Å². The predicted molar refractivity (Wildman–Crippen MR) is 101 cm³/mol. The molecule has 1 aliphatic rings. The van der Waals surface area contributed by atoms with E-state index in [-0.39, 0.29) is 10.8 Å². The van der Waals surface area contributed by atoms with Crippen molar-refractivity contribution in [1.29, 1.82) is 0 Å². The van der Waals surface area contributed by atoms with Gasteiger partial charge in [-0.3, -0.25) is 0 Å². The average molecular weight is 336 g/mol. The van der Waals surface area contributed by atoms with E-state index in [0.29, 0.717) is 11.4 Å². The lowest BCUT2D eigenvalue weighted by Crippen LogP contribution is -2.44. The van der Waals surface area contributed by atoms with Crippen LogP contribution in [-0.2, 0) is 9.59 Å². The lowest BCUT2D eigenvalue weighted by Gasteiger charge is -2.51. The summed E-state index contributed by atoms with van der Waals surface area (Å²) in [4.78, 5) is 29.4. The topological polar surface area (TPSA) is 58.9 Å². The number of hydrogen-bond donors (Lipinski definition) is 0. The van der Waals surface area contributed by atoms with Crippen LogP contribution < -0.4 is 0 Å². The van der Waals surface area contributed by atoms with Gasteiger partial charge in [0.2, 0.25) is 12.2 Å². The molecule has 0 aliphatic heterocycles. The molecule has 0 heterocycles. The third-order valence-electron chi connectivity index (χ3n) is 6.01. The van der Waals surface area contributed by atoms with Crippen LogP contribution in [0.3, 0.4) is 0 Å². The van der Waals surface area contributed by atoms with Crippen molar-refractivity contribution in [3.63, 3.8) is 0 Å². The van der Waals surface area contributed by atoms with Gasteiger partial charge < -0.3 is 0 Å². The van der Waals surface area contributed by atoms with E-state index in [1.807, 2.05) is 18.2 Å². The molecule has 0 saturated heterocycles. The highest BCUT2D eigenvalue weighted by molar-refractivity contribution is 5.74. The Bertz CT molecular complexity index is 843. The molecule has 0 spiro atoms. The van der Waals surface area contributed by atoms with Crippen molar-refractivity contribution in [3.8, 4) is 0 Å². The summed E-state index contributed by atoms with van der Waals surface area (Å²) < 4.78 is 0. The molecular formula is C21H24N2O2. The predicted octanol–water partition coefficient (Wildman–Crippen LogP) is 5.44. The van der Waals surface area contributed by atoms with Crippen LogP contribution in [0, 0.1) is 16.2 Å². The van der Waals surface area contributed by atoms with Crippen LogP contribution in [0.15, 0.2) is 40.0 Å². The molecule has 1 aromatic carbocycles. The van der Waals surface area contributed by atoms with E-state index in [4.69, 9.17) is 0 Å². The quantitative estimate of drug-likeness (QED) is 0.545. The Morgan fingerprint density at radius 2 is 1.60 bits per heavy atom. The molecule has 1 aromatic rings. The molecule has 1 unspecified atom stereocenters. The van der Waals surface area contributed by atoms with Gasteiger partial charge in [-0.15, -0.1) is 0 Å². The number of allylic oxidation sites excluding steroid dienone is 1. The third-order valence-corrected chi connectivity index (χ3v) is 6.01. The van der Waals surface area contributed by atoms with Gasteiger partial charge in [0, 0.05) is 5.41 Å². The standard InChI is InChI=1S/C21H24N2O2/c1-19(2,3)20(4,5)21(6)10-9-15-7-8-17(22-13-24)11-16(15)12-18(21)23-14-25/h7-12H,1-6H3. The van der Waals surface area contributed by atoms with E-state index in [9.17, 15) is 9.59 Å². The molecular weight excluding hydrogens is 312 g/mol. The smallest absolute Gasteiger partial charge is 0.211 e. The Kier molecular flexibility index (Phi) is 4.81. The van der Waals surface area contributed by atoms with Gasteiger partial charge >= 0.3 is 0 Å². The summed E-state index contributed by atoms with van der Waals surface area (Å²) in [6, 6.07) is 5.46. The second-order valence-corrected chi connectivity index (χ2v) is 8.16. The molecule has 0 N–H and O–H groups in total. The second kappa shape index (κ2) is 6.40. The largest absolute Gasteiger partial charge is 0.240 e. The minimum atomic E-state index is -0.476. The molecule has 4 nitrogen and oxygen atoms in total. The van der Waals surface area contributed by atoms with E-state index < -0.39 is 5.41 Å². The van der Waals surface area contributed by atoms with Crippen molar-refractivity contribution in [3.05, 3.63) is 41.1 Å². The van der Waals surface area contributed by atoms with E-state index >= 15 is 0 Å². The highest BCUT2D eigenvalue weighted by Gasteiger charge is 2.49. The maximum Gasteiger partial charge on any atom is 0.240 e. The molecule has 1 aliphatic carbocycles. The number of rotatable bonds is 3. The summed E-state index contributed by atoms with van der Waals surface area (Å²) in [5.41, 5.74) is 2.29. The Balaban J connectivity index is 2.76.